The van der Waals surface area contributed by atoms with Crippen molar-refractivity contribution in [1.82, 2.24) is 30.0 Å². The van der Waals surface area contributed by atoms with Gasteiger partial charge in [0.05, 0.1) is 5.69 Å². The van der Waals surface area contributed by atoms with E-state index >= 15 is 0 Å². The maximum atomic E-state index is 11.6. The SMILES string of the molecule is CCc1cc(-c2nnnn2C(C)(CC)C(=O)O)n(CC)n1. The third kappa shape index (κ3) is 2.41. The number of hydrogen-bond acceptors (Lipinski definition) is 5. The Hall–Kier alpha value is -2.25. The zero-order valence-electron chi connectivity index (χ0n) is 12.7. The van der Waals surface area contributed by atoms with Crippen molar-refractivity contribution in [2.75, 3.05) is 0 Å². The van der Waals surface area contributed by atoms with E-state index in [0.29, 0.717) is 18.8 Å². The lowest BCUT2D eigenvalue weighted by molar-refractivity contribution is -0.147. The Bertz CT molecular complexity index is 647. The van der Waals surface area contributed by atoms with Gasteiger partial charge in [-0.3, -0.25) is 4.68 Å². The second-order valence-electron chi connectivity index (χ2n) is 5.04. The van der Waals surface area contributed by atoms with Crippen LogP contribution in [0, 0.1) is 0 Å². The quantitative estimate of drug-likeness (QED) is 0.862. The molecule has 0 aliphatic heterocycles. The zero-order valence-corrected chi connectivity index (χ0v) is 12.7. The minimum absolute atomic E-state index is 0.376. The van der Waals surface area contributed by atoms with Crippen LogP contribution in [0.25, 0.3) is 11.5 Å². The summed E-state index contributed by atoms with van der Waals surface area (Å²) in [5, 5.41) is 25.6. The van der Waals surface area contributed by atoms with Crippen LogP contribution < -0.4 is 0 Å². The number of carboxylic acids is 1. The molecule has 0 amide bonds. The fourth-order valence-corrected chi connectivity index (χ4v) is 2.13. The van der Waals surface area contributed by atoms with Gasteiger partial charge in [0.15, 0.2) is 5.54 Å². The van der Waals surface area contributed by atoms with Crippen molar-refractivity contribution in [2.24, 2.45) is 0 Å². The van der Waals surface area contributed by atoms with Gasteiger partial charge in [0.2, 0.25) is 5.82 Å². The molecule has 0 aliphatic carbocycles. The molecular weight excluding hydrogens is 272 g/mol. The van der Waals surface area contributed by atoms with Crippen LogP contribution >= 0.6 is 0 Å². The lowest BCUT2D eigenvalue weighted by Gasteiger charge is -2.23. The van der Waals surface area contributed by atoms with Gasteiger partial charge in [0, 0.05) is 6.54 Å². The second kappa shape index (κ2) is 5.63. The summed E-state index contributed by atoms with van der Waals surface area (Å²) in [5.74, 6) is -0.535. The van der Waals surface area contributed by atoms with Crippen molar-refractivity contribution in [3.05, 3.63) is 11.8 Å². The van der Waals surface area contributed by atoms with Gasteiger partial charge in [-0.1, -0.05) is 13.8 Å². The van der Waals surface area contributed by atoms with Crippen LogP contribution in [0.1, 0.15) is 39.8 Å². The molecule has 2 aromatic heterocycles. The summed E-state index contributed by atoms with van der Waals surface area (Å²) in [6, 6.07) is 1.91. The van der Waals surface area contributed by atoms with Crippen LogP contribution in [0.3, 0.4) is 0 Å². The van der Waals surface area contributed by atoms with E-state index in [1.54, 1.807) is 18.5 Å². The summed E-state index contributed by atoms with van der Waals surface area (Å²) in [5.41, 5.74) is 0.476. The van der Waals surface area contributed by atoms with Gasteiger partial charge in [-0.05, 0) is 43.2 Å². The van der Waals surface area contributed by atoms with Gasteiger partial charge in [-0.25, -0.2) is 9.48 Å². The summed E-state index contributed by atoms with van der Waals surface area (Å²) in [6.07, 6.45) is 1.17. The van der Waals surface area contributed by atoms with Gasteiger partial charge < -0.3 is 5.11 Å². The maximum absolute atomic E-state index is 11.6. The Kier molecular flexibility index (Phi) is 4.06. The van der Waals surface area contributed by atoms with Crippen molar-refractivity contribution in [2.45, 2.75) is 52.6 Å². The van der Waals surface area contributed by atoms with Crippen LogP contribution in [0.2, 0.25) is 0 Å². The molecule has 21 heavy (non-hydrogen) atoms. The van der Waals surface area contributed by atoms with Crippen LogP contribution in [0.5, 0.6) is 0 Å². The minimum Gasteiger partial charge on any atom is -0.479 e. The number of nitrogens with zero attached hydrogens (tertiary/aromatic N) is 6. The highest BCUT2D eigenvalue weighted by molar-refractivity contribution is 5.76. The Morgan fingerprint density at radius 1 is 1.38 bits per heavy atom. The first-order valence-corrected chi connectivity index (χ1v) is 7.07. The van der Waals surface area contributed by atoms with E-state index in [0.717, 1.165) is 17.8 Å². The number of hydrogen-bond donors (Lipinski definition) is 1. The number of aliphatic carboxylic acids is 1. The van der Waals surface area contributed by atoms with E-state index in [4.69, 9.17) is 0 Å². The van der Waals surface area contributed by atoms with Crippen molar-refractivity contribution >= 4 is 5.97 Å². The molecule has 0 aliphatic rings. The molecular formula is C13H20N6O2. The van der Waals surface area contributed by atoms with Gasteiger partial charge in [0.25, 0.3) is 0 Å². The predicted molar refractivity (Wildman–Crippen MR) is 75.7 cm³/mol. The Labute approximate surface area is 122 Å². The summed E-state index contributed by atoms with van der Waals surface area (Å²) >= 11 is 0. The third-order valence-corrected chi connectivity index (χ3v) is 3.81. The number of rotatable bonds is 6. The first-order chi connectivity index (χ1) is 9.97. The normalized spacial score (nSPS) is 14.1. The van der Waals surface area contributed by atoms with E-state index < -0.39 is 11.5 Å². The largest absolute Gasteiger partial charge is 0.479 e. The molecule has 0 saturated heterocycles. The number of tetrazole rings is 1. The Balaban J connectivity index is 2.60. The number of aromatic nitrogens is 6. The lowest BCUT2D eigenvalue weighted by atomic mass is 9.99. The van der Waals surface area contributed by atoms with Gasteiger partial charge >= 0.3 is 5.97 Å². The molecule has 8 nitrogen and oxygen atoms in total. The van der Waals surface area contributed by atoms with Crippen molar-refractivity contribution in [3.63, 3.8) is 0 Å². The van der Waals surface area contributed by atoms with Crippen LogP contribution in [-0.2, 0) is 23.3 Å². The summed E-state index contributed by atoms with van der Waals surface area (Å²) in [4.78, 5) is 11.6. The van der Waals surface area contributed by atoms with E-state index in [9.17, 15) is 9.90 Å². The zero-order chi connectivity index (χ0) is 15.6. The highest BCUT2D eigenvalue weighted by Gasteiger charge is 2.37. The first-order valence-electron chi connectivity index (χ1n) is 7.07. The van der Waals surface area contributed by atoms with Crippen molar-refractivity contribution < 1.29 is 9.90 Å². The van der Waals surface area contributed by atoms with Gasteiger partial charge in [0.1, 0.15) is 5.69 Å². The third-order valence-electron chi connectivity index (χ3n) is 3.81. The second-order valence-corrected chi connectivity index (χ2v) is 5.04. The van der Waals surface area contributed by atoms with Crippen LogP contribution in [-0.4, -0.2) is 41.1 Å². The monoisotopic (exact) mass is 292 g/mol. The molecule has 0 spiro atoms. The van der Waals surface area contributed by atoms with Crippen LogP contribution in [0.4, 0.5) is 0 Å². The first kappa shape index (κ1) is 15.1. The smallest absolute Gasteiger partial charge is 0.331 e. The molecule has 2 heterocycles. The molecule has 2 rings (SSSR count). The predicted octanol–water partition coefficient (Wildman–Crippen LogP) is 1.33. The molecule has 114 valence electrons. The molecule has 0 saturated carbocycles. The number of carbonyl (C=O) groups is 1. The lowest BCUT2D eigenvalue weighted by Crippen LogP contribution is -2.39. The van der Waals surface area contributed by atoms with Crippen molar-refractivity contribution in [1.29, 1.82) is 0 Å². The molecule has 2 aromatic rings. The van der Waals surface area contributed by atoms with Gasteiger partial charge in [-0.2, -0.15) is 5.10 Å². The standard InChI is InChI=1S/C13H20N6O2/c1-5-9-8-10(18(7-3)15-9)11-14-16-17-19(11)13(4,6-2)12(20)21/h8H,5-7H2,1-4H3,(H,20,21). The fraction of sp³-hybridized carbons (Fsp3) is 0.615. The summed E-state index contributed by atoms with van der Waals surface area (Å²) in [6.45, 7) is 8.07. The molecule has 8 heteroatoms. The van der Waals surface area contributed by atoms with E-state index in [1.165, 1.54) is 4.68 Å². The molecule has 0 radical (unpaired) electrons. The van der Waals surface area contributed by atoms with E-state index in [2.05, 4.69) is 20.6 Å². The summed E-state index contributed by atoms with van der Waals surface area (Å²) < 4.78 is 3.16. The molecule has 1 unspecified atom stereocenters. The molecule has 1 atom stereocenters. The molecule has 0 bridgehead atoms. The topological polar surface area (TPSA) is 98.7 Å². The molecule has 0 aromatic carbocycles. The molecule has 1 N–H and O–H groups in total. The average Bonchev–Trinajstić information content (AvgIpc) is 3.11. The number of aryl methyl sites for hydroxylation is 2. The fourth-order valence-electron chi connectivity index (χ4n) is 2.13. The maximum Gasteiger partial charge on any atom is 0.331 e. The summed E-state index contributed by atoms with van der Waals surface area (Å²) in [7, 11) is 0. The van der Waals surface area contributed by atoms with Crippen LogP contribution in [0.15, 0.2) is 6.07 Å². The van der Waals surface area contributed by atoms with Gasteiger partial charge in [-0.15, -0.1) is 5.10 Å². The molecule has 0 fully saturated rings. The Morgan fingerprint density at radius 2 is 2.10 bits per heavy atom. The average molecular weight is 292 g/mol. The van der Waals surface area contributed by atoms with E-state index in [-0.39, 0.29) is 0 Å². The highest BCUT2D eigenvalue weighted by Crippen LogP contribution is 2.26. The Morgan fingerprint density at radius 3 is 2.62 bits per heavy atom. The van der Waals surface area contributed by atoms with E-state index in [1.807, 2.05) is 19.9 Å². The highest BCUT2D eigenvalue weighted by atomic mass is 16.4. The number of carboxylic acid groups (broad SMARTS) is 1. The van der Waals surface area contributed by atoms with Crippen molar-refractivity contribution in [3.8, 4) is 11.5 Å². The minimum atomic E-state index is -1.19.